The summed E-state index contributed by atoms with van der Waals surface area (Å²) in [6.07, 6.45) is 6.77. The largest absolute Gasteiger partial charge is 0.379 e. The van der Waals surface area contributed by atoms with Gasteiger partial charge < -0.3 is 4.74 Å². The highest BCUT2D eigenvalue weighted by Gasteiger charge is 2.35. The normalized spacial score (nSPS) is 20.9. The first-order valence-corrected chi connectivity index (χ1v) is 10.1. The van der Waals surface area contributed by atoms with Gasteiger partial charge in [0, 0.05) is 28.8 Å². The van der Waals surface area contributed by atoms with Crippen LogP contribution in [0.3, 0.4) is 0 Å². The van der Waals surface area contributed by atoms with Crippen molar-refractivity contribution in [1.29, 1.82) is 0 Å². The fraction of sp³-hybridized carbons (Fsp3) is 0.650. The van der Waals surface area contributed by atoms with Crippen LogP contribution in [0.4, 0.5) is 0 Å². The highest BCUT2D eigenvalue weighted by molar-refractivity contribution is 8.00. The molecule has 4 heteroatoms. The van der Waals surface area contributed by atoms with Crippen LogP contribution < -0.4 is 0 Å². The zero-order chi connectivity index (χ0) is 17.0. The third-order valence-corrected chi connectivity index (χ3v) is 6.68. The SMILES string of the molecule is CC(C)(C(=O)c1ccc(SC2CCCCC2)cc1)N1CCOCC1. The first-order chi connectivity index (χ1) is 11.6. The number of Topliss-reactive ketones (excluding diaryl/α,β-unsaturated/α-hetero) is 1. The minimum atomic E-state index is -0.470. The molecule has 1 aliphatic carbocycles. The maximum absolute atomic E-state index is 13.0. The molecule has 0 atom stereocenters. The molecular formula is C20H29NO2S. The molecule has 2 fully saturated rings. The van der Waals surface area contributed by atoms with Crippen LogP contribution in [0, 0.1) is 0 Å². The van der Waals surface area contributed by atoms with Crippen LogP contribution in [0.5, 0.6) is 0 Å². The number of ether oxygens (including phenoxy) is 1. The van der Waals surface area contributed by atoms with Gasteiger partial charge in [0.25, 0.3) is 0 Å². The smallest absolute Gasteiger partial charge is 0.182 e. The number of benzene rings is 1. The van der Waals surface area contributed by atoms with E-state index in [1.807, 2.05) is 37.7 Å². The number of carbonyl (C=O) groups is 1. The molecule has 0 radical (unpaired) electrons. The Kier molecular flexibility index (Phi) is 6.01. The molecule has 0 N–H and O–H groups in total. The van der Waals surface area contributed by atoms with Gasteiger partial charge in [0.1, 0.15) is 0 Å². The average Bonchev–Trinajstić information content (AvgIpc) is 2.63. The number of ketones is 1. The first-order valence-electron chi connectivity index (χ1n) is 9.22. The van der Waals surface area contributed by atoms with E-state index in [-0.39, 0.29) is 5.78 Å². The number of thioether (sulfide) groups is 1. The number of hydrogen-bond donors (Lipinski definition) is 0. The van der Waals surface area contributed by atoms with Crippen LogP contribution in [-0.2, 0) is 4.74 Å². The molecule has 1 heterocycles. The lowest BCUT2D eigenvalue weighted by atomic mass is 9.91. The Morgan fingerprint density at radius 1 is 1.08 bits per heavy atom. The molecule has 0 spiro atoms. The summed E-state index contributed by atoms with van der Waals surface area (Å²) in [5.41, 5.74) is 0.349. The van der Waals surface area contributed by atoms with E-state index < -0.39 is 5.54 Å². The minimum absolute atomic E-state index is 0.207. The molecular weight excluding hydrogens is 318 g/mol. The van der Waals surface area contributed by atoms with Crippen molar-refractivity contribution < 1.29 is 9.53 Å². The summed E-state index contributed by atoms with van der Waals surface area (Å²) in [6.45, 7) is 7.15. The predicted molar refractivity (Wildman–Crippen MR) is 100.0 cm³/mol. The fourth-order valence-corrected chi connectivity index (χ4v) is 4.93. The van der Waals surface area contributed by atoms with Gasteiger partial charge in [0.15, 0.2) is 5.78 Å². The van der Waals surface area contributed by atoms with Crippen molar-refractivity contribution in [2.24, 2.45) is 0 Å². The number of morpholine rings is 1. The van der Waals surface area contributed by atoms with Crippen molar-refractivity contribution in [1.82, 2.24) is 4.90 Å². The Labute approximate surface area is 150 Å². The van der Waals surface area contributed by atoms with Gasteiger partial charge in [-0.3, -0.25) is 9.69 Å². The monoisotopic (exact) mass is 347 g/mol. The van der Waals surface area contributed by atoms with Crippen LogP contribution in [0.25, 0.3) is 0 Å². The van der Waals surface area contributed by atoms with E-state index in [2.05, 4.69) is 17.0 Å². The van der Waals surface area contributed by atoms with E-state index in [9.17, 15) is 4.79 Å². The van der Waals surface area contributed by atoms with E-state index in [0.29, 0.717) is 13.2 Å². The number of nitrogens with zero attached hydrogens (tertiary/aromatic N) is 1. The molecule has 1 aromatic carbocycles. The topological polar surface area (TPSA) is 29.5 Å². The standard InChI is InChI=1S/C20H29NO2S/c1-20(2,21-12-14-23-15-13-21)19(22)16-8-10-18(11-9-16)24-17-6-4-3-5-7-17/h8-11,17H,3-7,12-15H2,1-2H3. The summed E-state index contributed by atoms with van der Waals surface area (Å²) in [5, 5.41) is 0.755. The molecule has 1 aromatic rings. The molecule has 0 aromatic heterocycles. The van der Waals surface area contributed by atoms with Gasteiger partial charge in [-0.15, -0.1) is 11.8 Å². The van der Waals surface area contributed by atoms with Gasteiger partial charge in [0.2, 0.25) is 0 Å². The Bertz CT molecular complexity index is 543. The van der Waals surface area contributed by atoms with Gasteiger partial charge >= 0.3 is 0 Å². The zero-order valence-corrected chi connectivity index (χ0v) is 15.7. The van der Waals surface area contributed by atoms with Gasteiger partial charge in [-0.2, -0.15) is 0 Å². The van der Waals surface area contributed by atoms with Crippen molar-refractivity contribution in [2.45, 2.75) is 61.6 Å². The molecule has 24 heavy (non-hydrogen) atoms. The fourth-order valence-electron chi connectivity index (χ4n) is 3.68. The Morgan fingerprint density at radius 3 is 2.33 bits per heavy atom. The Balaban J connectivity index is 1.64. The maximum Gasteiger partial charge on any atom is 0.182 e. The Morgan fingerprint density at radius 2 is 1.71 bits per heavy atom. The van der Waals surface area contributed by atoms with Gasteiger partial charge in [0.05, 0.1) is 18.8 Å². The maximum atomic E-state index is 13.0. The molecule has 2 aliphatic rings. The van der Waals surface area contributed by atoms with Crippen molar-refractivity contribution in [3.05, 3.63) is 29.8 Å². The summed E-state index contributed by atoms with van der Waals surface area (Å²) in [6, 6.07) is 8.27. The lowest BCUT2D eigenvalue weighted by Crippen LogP contribution is -2.54. The summed E-state index contributed by atoms with van der Waals surface area (Å²) in [4.78, 5) is 16.5. The summed E-state index contributed by atoms with van der Waals surface area (Å²) >= 11 is 1.98. The van der Waals surface area contributed by atoms with E-state index in [4.69, 9.17) is 4.74 Å². The predicted octanol–water partition coefficient (Wildman–Crippen LogP) is 4.40. The van der Waals surface area contributed by atoms with Crippen LogP contribution in [0.15, 0.2) is 29.2 Å². The van der Waals surface area contributed by atoms with Crippen molar-refractivity contribution in [2.75, 3.05) is 26.3 Å². The van der Waals surface area contributed by atoms with Crippen LogP contribution in [0.1, 0.15) is 56.3 Å². The average molecular weight is 348 g/mol. The second kappa shape index (κ2) is 8.03. The zero-order valence-electron chi connectivity index (χ0n) is 14.9. The number of rotatable bonds is 5. The quantitative estimate of drug-likeness (QED) is 0.738. The molecule has 1 saturated carbocycles. The van der Waals surface area contributed by atoms with Crippen molar-refractivity contribution in [3.8, 4) is 0 Å². The Hall–Kier alpha value is -0.840. The van der Waals surface area contributed by atoms with Gasteiger partial charge in [-0.25, -0.2) is 0 Å². The van der Waals surface area contributed by atoms with Gasteiger partial charge in [-0.1, -0.05) is 31.4 Å². The van der Waals surface area contributed by atoms with Gasteiger partial charge in [-0.05, 0) is 38.8 Å². The summed E-state index contributed by atoms with van der Waals surface area (Å²) < 4.78 is 5.41. The second-order valence-corrected chi connectivity index (χ2v) is 8.76. The second-order valence-electron chi connectivity index (χ2n) is 7.39. The van der Waals surface area contributed by atoms with Crippen LogP contribution in [0.2, 0.25) is 0 Å². The molecule has 1 aliphatic heterocycles. The highest BCUT2D eigenvalue weighted by Crippen LogP contribution is 2.34. The molecule has 0 unspecified atom stereocenters. The third kappa shape index (κ3) is 4.22. The van der Waals surface area contributed by atoms with E-state index >= 15 is 0 Å². The summed E-state index contributed by atoms with van der Waals surface area (Å²) in [7, 11) is 0. The van der Waals surface area contributed by atoms with E-state index in [0.717, 1.165) is 23.9 Å². The van der Waals surface area contributed by atoms with Crippen LogP contribution in [-0.4, -0.2) is 47.8 Å². The molecule has 0 bridgehead atoms. The lowest BCUT2D eigenvalue weighted by Gasteiger charge is -2.39. The molecule has 0 amide bonds. The van der Waals surface area contributed by atoms with Crippen LogP contribution >= 0.6 is 11.8 Å². The molecule has 132 valence electrons. The third-order valence-electron chi connectivity index (χ3n) is 5.33. The molecule has 3 nitrogen and oxygen atoms in total. The molecule has 1 saturated heterocycles. The minimum Gasteiger partial charge on any atom is -0.379 e. The highest BCUT2D eigenvalue weighted by atomic mass is 32.2. The van der Waals surface area contributed by atoms with E-state index in [1.54, 1.807) is 0 Å². The lowest BCUT2D eigenvalue weighted by molar-refractivity contribution is -0.00430. The van der Waals surface area contributed by atoms with E-state index in [1.165, 1.54) is 37.0 Å². The number of carbonyl (C=O) groups excluding carboxylic acids is 1. The summed E-state index contributed by atoms with van der Waals surface area (Å²) in [5.74, 6) is 0.207. The van der Waals surface area contributed by atoms with Crippen molar-refractivity contribution >= 4 is 17.5 Å². The first kappa shape index (κ1) is 18.0. The van der Waals surface area contributed by atoms with Crippen molar-refractivity contribution in [3.63, 3.8) is 0 Å². The number of hydrogen-bond acceptors (Lipinski definition) is 4. The molecule has 3 rings (SSSR count).